The summed E-state index contributed by atoms with van der Waals surface area (Å²) < 4.78 is 13.5. The van der Waals surface area contributed by atoms with Crippen molar-refractivity contribution in [1.29, 1.82) is 0 Å². The number of aromatic amines is 1. The molecule has 0 bridgehead atoms. The highest BCUT2D eigenvalue weighted by Gasteiger charge is 2.17. The molecule has 174 valence electrons. The van der Waals surface area contributed by atoms with Gasteiger partial charge in [-0.25, -0.2) is 14.4 Å². The Bertz CT molecular complexity index is 1390. The maximum Gasteiger partial charge on any atom is 0.166 e. The summed E-state index contributed by atoms with van der Waals surface area (Å²) in [6.07, 6.45) is 4.60. The topological polar surface area (TPSA) is 53.6 Å². The quantitative estimate of drug-likeness (QED) is 0.227. The number of benzene rings is 3. The molecule has 2 aromatic heterocycles. The Kier molecular flexibility index (Phi) is 6.91. The molecule has 1 atom stereocenters. The van der Waals surface area contributed by atoms with Crippen LogP contribution in [0.25, 0.3) is 22.5 Å². The van der Waals surface area contributed by atoms with Crippen LogP contribution < -0.4 is 5.32 Å². The van der Waals surface area contributed by atoms with Crippen molar-refractivity contribution in [1.82, 2.24) is 15.0 Å². The van der Waals surface area contributed by atoms with E-state index in [0.29, 0.717) is 0 Å². The SMILES string of the molecule is CSc1nc(-c2ccnc(NC(Cc3ccccc3)c3ccccc3)c2)c(-c2ccc(F)cc2)[nH]1. The number of hydrogen-bond donors (Lipinski definition) is 2. The molecule has 35 heavy (non-hydrogen) atoms. The number of halogens is 1. The van der Waals surface area contributed by atoms with E-state index in [1.54, 1.807) is 18.3 Å². The van der Waals surface area contributed by atoms with E-state index in [1.807, 2.05) is 30.5 Å². The van der Waals surface area contributed by atoms with E-state index in [9.17, 15) is 4.39 Å². The lowest BCUT2D eigenvalue weighted by Gasteiger charge is -2.20. The predicted molar refractivity (Wildman–Crippen MR) is 142 cm³/mol. The zero-order valence-electron chi connectivity index (χ0n) is 19.3. The third-order valence-corrected chi connectivity index (χ3v) is 6.43. The van der Waals surface area contributed by atoms with Crippen LogP contribution in [0.5, 0.6) is 0 Å². The fourth-order valence-electron chi connectivity index (χ4n) is 4.11. The number of nitrogens with zero attached hydrogens (tertiary/aromatic N) is 2. The molecule has 0 saturated heterocycles. The highest BCUT2D eigenvalue weighted by Crippen LogP contribution is 2.33. The Labute approximate surface area is 208 Å². The molecule has 1 unspecified atom stereocenters. The van der Waals surface area contributed by atoms with Crippen molar-refractivity contribution in [3.8, 4) is 22.5 Å². The minimum atomic E-state index is -0.263. The summed E-state index contributed by atoms with van der Waals surface area (Å²) in [6.45, 7) is 0. The number of anilines is 1. The van der Waals surface area contributed by atoms with E-state index in [2.05, 4.69) is 63.8 Å². The third kappa shape index (κ3) is 5.44. The molecule has 4 nitrogen and oxygen atoms in total. The van der Waals surface area contributed by atoms with Crippen molar-refractivity contribution in [3.63, 3.8) is 0 Å². The van der Waals surface area contributed by atoms with Crippen LogP contribution in [0.15, 0.2) is 108 Å². The van der Waals surface area contributed by atoms with Crippen molar-refractivity contribution < 1.29 is 4.39 Å². The zero-order chi connectivity index (χ0) is 24.0. The van der Waals surface area contributed by atoms with Crippen molar-refractivity contribution in [3.05, 3.63) is 120 Å². The molecule has 0 radical (unpaired) electrons. The molecule has 5 rings (SSSR count). The Morgan fingerprint density at radius 1 is 0.886 bits per heavy atom. The second kappa shape index (κ2) is 10.6. The van der Waals surface area contributed by atoms with Crippen LogP contribution in [-0.2, 0) is 6.42 Å². The van der Waals surface area contributed by atoms with E-state index < -0.39 is 0 Å². The Morgan fingerprint density at radius 3 is 2.31 bits per heavy atom. The van der Waals surface area contributed by atoms with Crippen LogP contribution in [-0.4, -0.2) is 21.2 Å². The second-order valence-corrected chi connectivity index (χ2v) is 9.00. The van der Waals surface area contributed by atoms with Gasteiger partial charge in [0.25, 0.3) is 0 Å². The molecule has 2 N–H and O–H groups in total. The van der Waals surface area contributed by atoms with E-state index in [-0.39, 0.29) is 11.9 Å². The van der Waals surface area contributed by atoms with Crippen molar-refractivity contribution in [2.75, 3.05) is 11.6 Å². The number of imidazole rings is 1. The summed E-state index contributed by atoms with van der Waals surface area (Å²) in [6, 6.07) is 31.3. The van der Waals surface area contributed by atoms with Gasteiger partial charge in [0.1, 0.15) is 11.6 Å². The lowest BCUT2D eigenvalue weighted by molar-refractivity contribution is 0.628. The highest BCUT2D eigenvalue weighted by molar-refractivity contribution is 7.98. The normalized spacial score (nSPS) is 11.8. The van der Waals surface area contributed by atoms with Crippen LogP contribution in [0.2, 0.25) is 0 Å². The second-order valence-electron chi connectivity index (χ2n) is 8.20. The summed E-state index contributed by atoms with van der Waals surface area (Å²) in [7, 11) is 0. The van der Waals surface area contributed by atoms with Gasteiger partial charge >= 0.3 is 0 Å². The molecule has 0 aliphatic heterocycles. The van der Waals surface area contributed by atoms with E-state index in [1.165, 1.54) is 35.0 Å². The largest absolute Gasteiger partial charge is 0.363 e. The molecule has 0 spiro atoms. The van der Waals surface area contributed by atoms with Gasteiger partial charge in [-0.3, -0.25) is 0 Å². The van der Waals surface area contributed by atoms with Crippen molar-refractivity contribution in [2.24, 2.45) is 0 Å². The number of rotatable bonds is 8. The molecule has 3 aromatic carbocycles. The third-order valence-electron chi connectivity index (χ3n) is 5.85. The fraction of sp³-hybridized carbons (Fsp3) is 0.103. The summed E-state index contributed by atoms with van der Waals surface area (Å²) in [5.74, 6) is 0.506. The van der Waals surface area contributed by atoms with Crippen LogP contribution in [0.3, 0.4) is 0 Å². The lowest BCUT2D eigenvalue weighted by Crippen LogP contribution is -2.14. The van der Waals surface area contributed by atoms with Crippen LogP contribution >= 0.6 is 11.8 Å². The molecular formula is C29H25FN4S. The first-order valence-corrected chi connectivity index (χ1v) is 12.6. The first kappa shape index (κ1) is 22.9. The molecule has 0 amide bonds. The molecule has 5 aromatic rings. The van der Waals surface area contributed by atoms with Gasteiger partial charge in [-0.1, -0.05) is 72.4 Å². The Hall–Kier alpha value is -3.90. The highest BCUT2D eigenvalue weighted by atomic mass is 32.2. The summed E-state index contributed by atoms with van der Waals surface area (Å²) >= 11 is 1.54. The molecular weight excluding hydrogens is 455 g/mol. The van der Waals surface area contributed by atoms with Gasteiger partial charge in [0.2, 0.25) is 0 Å². The van der Waals surface area contributed by atoms with Gasteiger partial charge in [-0.05, 0) is 60.2 Å². The minimum Gasteiger partial charge on any atom is -0.363 e. The van der Waals surface area contributed by atoms with Gasteiger partial charge in [0.05, 0.1) is 17.4 Å². The van der Waals surface area contributed by atoms with Crippen LogP contribution in [0.1, 0.15) is 17.2 Å². The molecule has 0 fully saturated rings. The maximum atomic E-state index is 13.5. The first-order chi connectivity index (χ1) is 17.2. The lowest BCUT2D eigenvalue weighted by atomic mass is 9.98. The average molecular weight is 481 g/mol. The van der Waals surface area contributed by atoms with Crippen molar-refractivity contribution in [2.45, 2.75) is 17.6 Å². The van der Waals surface area contributed by atoms with Gasteiger partial charge < -0.3 is 10.3 Å². The molecule has 2 heterocycles. The zero-order valence-corrected chi connectivity index (χ0v) is 20.1. The fourth-order valence-corrected chi connectivity index (χ4v) is 4.49. The van der Waals surface area contributed by atoms with Crippen molar-refractivity contribution >= 4 is 17.6 Å². The molecule has 0 aliphatic carbocycles. The molecule has 0 aliphatic rings. The van der Waals surface area contributed by atoms with Gasteiger partial charge in [-0.2, -0.15) is 0 Å². The standard InChI is InChI=1S/C29H25FN4S/c1-35-29-33-27(22-12-14-24(30)15-13-22)28(34-29)23-16-17-31-26(19-23)32-25(21-10-6-3-7-11-21)18-20-8-4-2-5-9-20/h2-17,19,25H,18H2,1H3,(H,31,32)(H,33,34). The average Bonchev–Trinajstić information content (AvgIpc) is 3.35. The summed E-state index contributed by atoms with van der Waals surface area (Å²) in [5.41, 5.74) is 5.93. The number of pyridine rings is 1. The summed E-state index contributed by atoms with van der Waals surface area (Å²) in [4.78, 5) is 12.8. The summed E-state index contributed by atoms with van der Waals surface area (Å²) in [5, 5.41) is 4.44. The maximum absolute atomic E-state index is 13.5. The monoisotopic (exact) mass is 480 g/mol. The predicted octanol–water partition coefficient (Wildman–Crippen LogP) is 7.40. The minimum absolute atomic E-state index is 0.0545. The molecule has 6 heteroatoms. The van der Waals surface area contributed by atoms with E-state index >= 15 is 0 Å². The number of H-pyrrole nitrogens is 1. The smallest absolute Gasteiger partial charge is 0.166 e. The molecule has 0 saturated carbocycles. The van der Waals surface area contributed by atoms with E-state index in [4.69, 9.17) is 4.98 Å². The van der Waals surface area contributed by atoms with Gasteiger partial charge in [0.15, 0.2) is 5.16 Å². The number of nitrogens with one attached hydrogen (secondary N) is 2. The van der Waals surface area contributed by atoms with Crippen LogP contribution in [0.4, 0.5) is 10.2 Å². The Morgan fingerprint density at radius 2 is 1.60 bits per heavy atom. The van der Waals surface area contributed by atoms with Crippen LogP contribution in [0, 0.1) is 5.82 Å². The first-order valence-electron chi connectivity index (χ1n) is 11.4. The number of aromatic nitrogens is 3. The number of hydrogen-bond acceptors (Lipinski definition) is 4. The number of thioether (sulfide) groups is 1. The Balaban J connectivity index is 1.49. The van der Waals surface area contributed by atoms with Gasteiger partial charge in [0, 0.05) is 17.3 Å². The van der Waals surface area contributed by atoms with E-state index in [0.717, 1.165) is 39.9 Å². The van der Waals surface area contributed by atoms with Gasteiger partial charge in [-0.15, -0.1) is 0 Å².